The highest BCUT2D eigenvalue weighted by Gasteiger charge is 2.21. The summed E-state index contributed by atoms with van der Waals surface area (Å²) in [6.45, 7) is 5.64. The average molecular weight is 226 g/mol. The molecular formula is C12H22N2O2. The molecule has 0 saturated carbocycles. The first-order valence-electron chi connectivity index (χ1n) is 6.44. The lowest BCUT2D eigenvalue weighted by Crippen LogP contribution is -2.38. The summed E-state index contributed by atoms with van der Waals surface area (Å²) in [5, 5.41) is 3.00. The minimum absolute atomic E-state index is 0.241. The van der Waals surface area contributed by atoms with Crippen LogP contribution in [0.15, 0.2) is 0 Å². The molecule has 4 nitrogen and oxygen atoms in total. The molecule has 0 aromatic carbocycles. The van der Waals surface area contributed by atoms with Crippen molar-refractivity contribution in [3.63, 3.8) is 0 Å². The molecule has 2 fully saturated rings. The monoisotopic (exact) mass is 226 g/mol. The Morgan fingerprint density at radius 2 is 2.12 bits per heavy atom. The molecule has 2 aliphatic heterocycles. The molecule has 0 bridgehead atoms. The second-order valence-corrected chi connectivity index (χ2v) is 4.73. The van der Waals surface area contributed by atoms with E-state index in [1.54, 1.807) is 0 Å². The van der Waals surface area contributed by atoms with Crippen molar-refractivity contribution in [1.29, 1.82) is 0 Å². The smallest absolute Gasteiger partial charge is 0.223 e. The number of ether oxygens (including phenoxy) is 1. The molecule has 0 spiro atoms. The Balaban J connectivity index is 1.72. The van der Waals surface area contributed by atoms with Crippen molar-refractivity contribution in [2.75, 3.05) is 39.4 Å². The van der Waals surface area contributed by atoms with Gasteiger partial charge in [0.25, 0.3) is 0 Å². The van der Waals surface area contributed by atoms with Crippen LogP contribution in [-0.4, -0.2) is 50.2 Å². The first-order chi connectivity index (χ1) is 7.86. The van der Waals surface area contributed by atoms with Gasteiger partial charge in [-0.25, -0.2) is 0 Å². The number of nitrogens with zero attached hydrogens (tertiary/aromatic N) is 1. The first kappa shape index (κ1) is 11.9. The predicted molar refractivity (Wildman–Crippen MR) is 62.2 cm³/mol. The van der Waals surface area contributed by atoms with Gasteiger partial charge in [0.05, 0.1) is 13.2 Å². The summed E-state index contributed by atoms with van der Waals surface area (Å²) >= 11 is 0. The highest BCUT2D eigenvalue weighted by Crippen LogP contribution is 2.16. The second kappa shape index (κ2) is 6.21. The van der Waals surface area contributed by atoms with Gasteiger partial charge in [-0.1, -0.05) is 6.42 Å². The predicted octanol–water partition coefficient (Wildman–Crippen LogP) is 0.625. The van der Waals surface area contributed by atoms with E-state index < -0.39 is 0 Å². The van der Waals surface area contributed by atoms with Crippen molar-refractivity contribution in [3.8, 4) is 0 Å². The van der Waals surface area contributed by atoms with Gasteiger partial charge in [-0.3, -0.25) is 9.69 Å². The number of nitrogens with one attached hydrogen (secondary N) is 1. The molecule has 0 aliphatic carbocycles. The number of carbonyl (C=O) groups is 1. The number of carbonyl (C=O) groups excluding carboxylic acids is 1. The minimum Gasteiger partial charge on any atom is -0.379 e. The zero-order valence-electron chi connectivity index (χ0n) is 9.91. The maximum atomic E-state index is 11.7. The molecule has 0 aromatic heterocycles. The van der Waals surface area contributed by atoms with Crippen molar-refractivity contribution in [3.05, 3.63) is 0 Å². The molecule has 2 heterocycles. The van der Waals surface area contributed by atoms with Crippen molar-refractivity contribution < 1.29 is 9.53 Å². The summed E-state index contributed by atoms with van der Waals surface area (Å²) in [5.74, 6) is 0.510. The maximum absolute atomic E-state index is 11.7. The normalized spacial score (nSPS) is 28.5. The number of amides is 1. The first-order valence-corrected chi connectivity index (χ1v) is 6.44. The average Bonchev–Trinajstić information content (AvgIpc) is 2.53. The third-order valence-corrected chi connectivity index (χ3v) is 3.55. The van der Waals surface area contributed by atoms with E-state index in [0.29, 0.717) is 0 Å². The lowest BCUT2D eigenvalue weighted by molar-refractivity contribution is -0.125. The van der Waals surface area contributed by atoms with Crippen LogP contribution in [0.5, 0.6) is 0 Å². The molecule has 16 heavy (non-hydrogen) atoms. The molecule has 0 radical (unpaired) electrons. The standard InChI is InChI=1S/C12H22N2O2/c15-12-11(3-1-2-5-13-12)4-6-14-7-9-16-10-8-14/h11H,1-10H2,(H,13,15). The topological polar surface area (TPSA) is 41.6 Å². The molecule has 92 valence electrons. The Hall–Kier alpha value is -0.610. The Morgan fingerprint density at radius 3 is 2.94 bits per heavy atom. The minimum atomic E-state index is 0.241. The van der Waals surface area contributed by atoms with Gasteiger partial charge in [-0.2, -0.15) is 0 Å². The van der Waals surface area contributed by atoms with Crippen molar-refractivity contribution in [2.45, 2.75) is 25.7 Å². The van der Waals surface area contributed by atoms with E-state index in [0.717, 1.165) is 58.7 Å². The molecule has 2 rings (SSSR count). The van der Waals surface area contributed by atoms with E-state index in [4.69, 9.17) is 4.74 Å². The van der Waals surface area contributed by atoms with E-state index in [2.05, 4.69) is 10.2 Å². The summed E-state index contributed by atoms with van der Waals surface area (Å²) in [5.41, 5.74) is 0. The molecule has 2 saturated heterocycles. The summed E-state index contributed by atoms with van der Waals surface area (Å²) < 4.78 is 5.31. The van der Waals surface area contributed by atoms with Gasteiger partial charge in [0.1, 0.15) is 0 Å². The Labute approximate surface area is 97.3 Å². The van der Waals surface area contributed by atoms with Gasteiger partial charge in [0.15, 0.2) is 0 Å². The summed E-state index contributed by atoms with van der Waals surface area (Å²) in [6.07, 6.45) is 4.40. The van der Waals surface area contributed by atoms with E-state index in [-0.39, 0.29) is 11.8 Å². The number of hydrogen-bond acceptors (Lipinski definition) is 3. The zero-order chi connectivity index (χ0) is 11.2. The van der Waals surface area contributed by atoms with Crippen LogP contribution in [0.1, 0.15) is 25.7 Å². The van der Waals surface area contributed by atoms with E-state index in [9.17, 15) is 4.79 Å². The zero-order valence-corrected chi connectivity index (χ0v) is 9.91. The van der Waals surface area contributed by atoms with Gasteiger partial charge in [-0.15, -0.1) is 0 Å². The molecule has 0 aromatic rings. The summed E-state index contributed by atoms with van der Waals surface area (Å²) in [4.78, 5) is 14.1. The lowest BCUT2D eigenvalue weighted by Gasteiger charge is -2.27. The highest BCUT2D eigenvalue weighted by molar-refractivity contribution is 5.78. The van der Waals surface area contributed by atoms with Crippen LogP contribution in [-0.2, 0) is 9.53 Å². The third-order valence-electron chi connectivity index (χ3n) is 3.55. The van der Waals surface area contributed by atoms with E-state index in [1.807, 2.05) is 0 Å². The fourth-order valence-electron chi connectivity index (χ4n) is 2.44. The van der Waals surface area contributed by atoms with Gasteiger partial charge in [0.2, 0.25) is 5.91 Å². The van der Waals surface area contributed by atoms with Crippen LogP contribution in [0, 0.1) is 5.92 Å². The molecule has 1 N–H and O–H groups in total. The molecule has 1 amide bonds. The summed E-state index contributed by atoms with van der Waals surface area (Å²) in [7, 11) is 0. The Bertz CT molecular complexity index is 227. The van der Waals surface area contributed by atoms with Crippen LogP contribution in [0.3, 0.4) is 0 Å². The highest BCUT2D eigenvalue weighted by atomic mass is 16.5. The van der Waals surface area contributed by atoms with Crippen LogP contribution < -0.4 is 5.32 Å². The molecule has 1 unspecified atom stereocenters. The van der Waals surface area contributed by atoms with Gasteiger partial charge < -0.3 is 10.1 Å². The van der Waals surface area contributed by atoms with Gasteiger partial charge >= 0.3 is 0 Å². The van der Waals surface area contributed by atoms with Crippen molar-refractivity contribution >= 4 is 5.91 Å². The molecule has 4 heteroatoms. The quantitative estimate of drug-likeness (QED) is 0.767. The summed E-state index contributed by atoms with van der Waals surface area (Å²) in [6, 6.07) is 0. The fraction of sp³-hybridized carbons (Fsp3) is 0.917. The van der Waals surface area contributed by atoms with Gasteiger partial charge in [-0.05, 0) is 25.8 Å². The number of morpholine rings is 1. The van der Waals surface area contributed by atoms with Crippen LogP contribution in [0.25, 0.3) is 0 Å². The fourth-order valence-corrected chi connectivity index (χ4v) is 2.44. The maximum Gasteiger partial charge on any atom is 0.223 e. The largest absolute Gasteiger partial charge is 0.379 e. The number of hydrogen-bond donors (Lipinski definition) is 1. The molecule has 2 aliphatic rings. The SMILES string of the molecule is O=C1NCCCCC1CCN1CCOCC1. The Morgan fingerprint density at radius 1 is 1.31 bits per heavy atom. The number of rotatable bonds is 3. The van der Waals surface area contributed by atoms with E-state index in [1.165, 1.54) is 6.42 Å². The second-order valence-electron chi connectivity index (χ2n) is 4.73. The van der Waals surface area contributed by atoms with Crippen LogP contribution in [0.4, 0.5) is 0 Å². The van der Waals surface area contributed by atoms with Gasteiger partial charge in [0, 0.05) is 25.6 Å². The van der Waals surface area contributed by atoms with Crippen LogP contribution in [0.2, 0.25) is 0 Å². The van der Waals surface area contributed by atoms with Crippen molar-refractivity contribution in [1.82, 2.24) is 10.2 Å². The molecular weight excluding hydrogens is 204 g/mol. The lowest BCUT2D eigenvalue weighted by atomic mass is 9.98. The molecule has 1 atom stereocenters. The van der Waals surface area contributed by atoms with Crippen molar-refractivity contribution in [2.24, 2.45) is 5.92 Å². The van der Waals surface area contributed by atoms with Crippen LogP contribution >= 0.6 is 0 Å². The Kier molecular flexibility index (Phi) is 4.60. The third kappa shape index (κ3) is 3.46. The van der Waals surface area contributed by atoms with E-state index >= 15 is 0 Å².